The van der Waals surface area contributed by atoms with Crippen LogP contribution < -0.4 is 5.73 Å². The van der Waals surface area contributed by atoms with E-state index in [4.69, 9.17) is 5.73 Å². The molecule has 1 nitrogen and oxygen atoms in total. The molecule has 0 aromatic rings. The number of hydrogen-bond acceptors (Lipinski definition) is 1. The zero-order valence-electron chi connectivity index (χ0n) is 7.53. The number of hydrogen-bond donors (Lipinski definition) is 1. The predicted molar refractivity (Wildman–Crippen MR) is 47.3 cm³/mol. The maximum Gasteiger partial charge on any atom is -0.00718 e. The summed E-state index contributed by atoms with van der Waals surface area (Å²) < 4.78 is 0. The molecule has 0 spiro atoms. The van der Waals surface area contributed by atoms with E-state index in [1.165, 1.54) is 38.5 Å². The van der Waals surface area contributed by atoms with Crippen LogP contribution in [0.4, 0.5) is 0 Å². The normalized spacial score (nSPS) is 31.1. The van der Waals surface area contributed by atoms with Gasteiger partial charge in [-0.1, -0.05) is 13.3 Å². The predicted octanol–water partition coefficient (Wildman–Crippen LogP) is 2.31. The Balaban J connectivity index is 2.04. The highest BCUT2D eigenvalue weighted by atomic mass is 14.7. The third kappa shape index (κ3) is 0.936. The van der Waals surface area contributed by atoms with Gasteiger partial charge in [0.15, 0.2) is 0 Å². The van der Waals surface area contributed by atoms with Gasteiger partial charge in [0.1, 0.15) is 0 Å². The second kappa shape index (κ2) is 2.22. The lowest BCUT2D eigenvalue weighted by atomic mass is 9.58. The van der Waals surface area contributed by atoms with E-state index in [1.54, 1.807) is 0 Å². The topological polar surface area (TPSA) is 26.0 Å². The lowest BCUT2D eigenvalue weighted by molar-refractivity contribution is 0.0337. The Morgan fingerprint density at radius 1 is 1.18 bits per heavy atom. The molecular weight excluding hydrogens is 134 g/mol. The maximum atomic E-state index is 5.65. The van der Waals surface area contributed by atoms with E-state index in [0.717, 1.165) is 6.54 Å². The summed E-state index contributed by atoms with van der Waals surface area (Å²) in [5, 5.41) is 0. The van der Waals surface area contributed by atoms with E-state index in [2.05, 4.69) is 6.92 Å². The van der Waals surface area contributed by atoms with Crippen molar-refractivity contribution in [3.63, 3.8) is 0 Å². The van der Waals surface area contributed by atoms with Crippen LogP contribution in [0.2, 0.25) is 0 Å². The van der Waals surface area contributed by atoms with Crippen LogP contribution in [0.3, 0.4) is 0 Å². The third-order valence-electron chi connectivity index (χ3n) is 4.21. The summed E-state index contributed by atoms with van der Waals surface area (Å²) in [4.78, 5) is 0. The second-order valence-electron chi connectivity index (χ2n) is 4.73. The van der Waals surface area contributed by atoms with Gasteiger partial charge in [0.25, 0.3) is 0 Å². The van der Waals surface area contributed by atoms with Crippen molar-refractivity contribution in [1.82, 2.24) is 0 Å². The molecule has 0 heterocycles. The fourth-order valence-corrected chi connectivity index (χ4v) is 2.75. The first kappa shape index (κ1) is 7.60. The van der Waals surface area contributed by atoms with E-state index in [-0.39, 0.29) is 0 Å². The van der Waals surface area contributed by atoms with Gasteiger partial charge in [-0.05, 0) is 49.5 Å². The average molecular weight is 153 g/mol. The lowest BCUT2D eigenvalue weighted by Gasteiger charge is -2.47. The largest absolute Gasteiger partial charge is 0.330 e. The Hall–Kier alpha value is -0.0400. The smallest absolute Gasteiger partial charge is 0.00718 e. The van der Waals surface area contributed by atoms with Crippen molar-refractivity contribution >= 4 is 0 Å². The minimum atomic E-state index is 0.696. The molecule has 0 unspecified atom stereocenters. The molecule has 2 saturated carbocycles. The maximum absolute atomic E-state index is 5.65. The number of rotatable bonds is 3. The van der Waals surface area contributed by atoms with Gasteiger partial charge < -0.3 is 5.73 Å². The highest BCUT2D eigenvalue weighted by molar-refractivity contribution is 5.07. The summed E-state index contributed by atoms with van der Waals surface area (Å²) in [7, 11) is 0. The summed E-state index contributed by atoms with van der Waals surface area (Å²) in [6.45, 7) is 3.36. The SMILES string of the molecule is CC1(C2(CCN)CCC2)CC1. The Bertz CT molecular complexity index is 154. The summed E-state index contributed by atoms with van der Waals surface area (Å²) in [5.41, 5.74) is 7.06. The Morgan fingerprint density at radius 3 is 2.09 bits per heavy atom. The first-order valence-corrected chi connectivity index (χ1v) is 4.93. The molecule has 0 amide bonds. The summed E-state index contributed by atoms with van der Waals surface area (Å²) in [6.07, 6.45) is 8.58. The molecule has 2 N–H and O–H groups in total. The highest BCUT2D eigenvalue weighted by Crippen LogP contribution is 2.67. The van der Waals surface area contributed by atoms with Crippen LogP contribution in [0, 0.1) is 10.8 Å². The van der Waals surface area contributed by atoms with Gasteiger partial charge >= 0.3 is 0 Å². The molecule has 2 aliphatic rings. The van der Waals surface area contributed by atoms with Gasteiger partial charge in [-0.3, -0.25) is 0 Å². The molecule has 0 aromatic carbocycles. The van der Waals surface area contributed by atoms with Crippen molar-refractivity contribution in [2.45, 2.75) is 45.4 Å². The van der Waals surface area contributed by atoms with Crippen molar-refractivity contribution < 1.29 is 0 Å². The van der Waals surface area contributed by atoms with Crippen LogP contribution in [-0.4, -0.2) is 6.54 Å². The van der Waals surface area contributed by atoms with Crippen LogP contribution >= 0.6 is 0 Å². The van der Waals surface area contributed by atoms with Gasteiger partial charge in [0.05, 0.1) is 0 Å². The third-order valence-corrected chi connectivity index (χ3v) is 4.21. The molecule has 2 rings (SSSR count). The standard InChI is InChI=1S/C10H19N/c1-9(5-6-9)10(7-8-11)3-2-4-10/h2-8,11H2,1H3. The van der Waals surface area contributed by atoms with Crippen molar-refractivity contribution in [2.24, 2.45) is 16.6 Å². The molecule has 0 bridgehead atoms. The molecule has 0 aromatic heterocycles. The fourth-order valence-electron chi connectivity index (χ4n) is 2.75. The fraction of sp³-hybridized carbons (Fsp3) is 1.00. The molecule has 2 fully saturated rings. The van der Waals surface area contributed by atoms with Gasteiger partial charge in [0, 0.05) is 0 Å². The van der Waals surface area contributed by atoms with Crippen molar-refractivity contribution in [1.29, 1.82) is 0 Å². The average Bonchev–Trinajstić information content (AvgIpc) is 2.60. The summed E-state index contributed by atoms with van der Waals surface area (Å²) in [6, 6.07) is 0. The van der Waals surface area contributed by atoms with E-state index in [1.807, 2.05) is 0 Å². The van der Waals surface area contributed by atoms with Crippen LogP contribution in [-0.2, 0) is 0 Å². The highest BCUT2D eigenvalue weighted by Gasteiger charge is 2.57. The molecule has 2 aliphatic carbocycles. The molecule has 0 saturated heterocycles. The molecule has 0 aliphatic heterocycles. The minimum absolute atomic E-state index is 0.696. The van der Waals surface area contributed by atoms with E-state index in [9.17, 15) is 0 Å². The quantitative estimate of drug-likeness (QED) is 0.661. The van der Waals surface area contributed by atoms with Gasteiger partial charge in [-0.25, -0.2) is 0 Å². The molecular formula is C10H19N. The Labute approximate surface area is 69.4 Å². The molecule has 64 valence electrons. The van der Waals surface area contributed by atoms with Gasteiger partial charge in [-0.2, -0.15) is 0 Å². The first-order valence-electron chi connectivity index (χ1n) is 4.93. The van der Waals surface area contributed by atoms with Crippen molar-refractivity contribution in [2.75, 3.05) is 6.54 Å². The van der Waals surface area contributed by atoms with E-state index >= 15 is 0 Å². The van der Waals surface area contributed by atoms with E-state index in [0.29, 0.717) is 10.8 Å². The Kier molecular flexibility index (Phi) is 1.54. The number of nitrogens with two attached hydrogens (primary N) is 1. The summed E-state index contributed by atoms with van der Waals surface area (Å²) in [5.74, 6) is 0. The molecule has 11 heavy (non-hydrogen) atoms. The second-order valence-corrected chi connectivity index (χ2v) is 4.73. The Morgan fingerprint density at radius 2 is 1.82 bits per heavy atom. The van der Waals surface area contributed by atoms with Crippen LogP contribution in [0.15, 0.2) is 0 Å². The minimum Gasteiger partial charge on any atom is -0.330 e. The molecule has 0 radical (unpaired) electrons. The zero-order chi connectivity index (χ0) is 7.95. The van der Waals surface area contributed by atoms with Crippen molar-refractivity contribution in [3.05, 3.63) is 0 Å². The van der Waals surface area contributed by atoms with Gasteiger partial charge in [0.2, 0.25) is 0 Å². The molecule has 1 heteroatoms. The zero-order valence-corrected chi connectivity index (χ0v) is 7.53. The summed E-state index contributed by atoms with van der Waals surface area (Å²) >= 11 is 0. The monoisotopic (exact) mass is 153 g/mol. The van der Waals surface area contributed by atoms with Crippen LogP contribution in [0.25, 0.3) is 0 Å². The van der Waals surface area contributed by atoms with Crippen LogP contribution in [0.5, 0.6) is 0 Å². The van der Waals surface area contributed by atoms with Gasteiger partial charge in [-0.15, -0.1) is 0 Å². The van der Waals surface area contributed by atoms with Crippen molar-refractivity contribution in [3.8, 4) is 0 Å². The molecule has 0 atom stereocenters. The first-order chi connectivity index (χ1) is 5.22. The lowest BCUT2D eigenvalue weighted by Crippen LogP contribution is -2.39. The van der Waals surface area contributed by atoms with E-state index < -0.39 is 0 Å². The van der Waals surface area contributed by atoms with Crippen LogP contribution in [0.1, 0.15) is 45.4 Å².